The van der Waals surface area contributed by atoms with Gasteiger partial charge in [0.15, 0.2) is 5.65 Å². The second kappa shape index (κ2) is 6.43. The van der Waals surface area contributed by atoms with Crippen LogP contribution >= 0.6 is 0 Å². The van der Waals surface area contributed by atoms with Crippen molar-refractivity contribution in [3.8, 4) is 11.4 Å². The lowest BCUT2D eigenvalue weighted by Gasteiger charge is -2.15. The van der Waals surface area contributed by atoms with Gasteiger partial charge in [-0.15, -0.1) is 0 Å². The first kappa shape index (κ1) is 15.4. The van der Waals surface area contributed by atoms with Gasteiger partial charge in [0.25, 0.3) is 0 Å². The number of H-pyrrole nitrogens is 1. The standard InChI is InChI=1S/C18H17FN6/c1-12(9-13-4-6-21-17-15(13)23-11-24-17)10-25-8-7-22-18(25)14-3-2-5-20-16(14)19/h2-8,11-12H,9-10H2,1H3,(H,21,23,24). The number of nitrogens with one attached hydrogen (secondary N) is 1. The molecule has 7 heteroatoms. The average Bonchev–Trinajstić information content (AvgIpc) is 3.25. The minimum absolute atomic E-state index is 0.321. The predicted octanol–water partition coefficient (Wildman–Crippen LogP) is 3.23. The van der Waals surface area contributed by atoms with Crippen LogP contribution < -0.4 is 0 Å². The van der Waals surface area contributed by atoms with Crippen LogP contribution in [-0.4, -0.2) is 29.5 Å². The lowest BCUT2D eigenvalue weighted by molar-refractivity contribution is 0.482. The molecule has 25 heavy (non-hydrogen) atoms. The summed E-state index contributed by atoms with van der Waals surface area (Å²) in [5.74, 6) is 0.413. The number of halogens is 1. The maximum atomic E-state index is 14.0. The molecular weight excluding hydrogens is 319 g/mol. The molecule has 4 aromatic rings. The molecule has 0 aromatic carbocycles. The van der Waals surface area contributed by atoms with Gasteiger partial charge in [-0.2, -0.15) is 4.39 Å². The number of aromatic amines is 1. The molecule has 0 aliphatic carbocycles. The van der Waals surface area contributed by atoms with Crippen LogP contribution in [0.25, 0.3) is 22.6 Å². The molecule has 1 unspecified atom stereocenters. The highest BCUT2D eigenvalue weighted by atomic mass is 19.1. The van der Waals surface area contributed by atoms with E-state index < -0.39 is 5.95 Å². The summed E-state index contributed by atoms with van der Waals surface area (Å²) in [6.45, 7) is 2.88. The molecule has 4 rings (SSSR count). The van der Waals surface area contributed by atoms with Gasteiger partial charge in [0.1, 0.15) is 5.82 Å². The zero-order chi connectivity index (χ0) is 17.2. The van der Waals surface area contributed by atoms with Gasteiger partial charge < -0.3 is 9.55 Å². The Balaban J connectivity index is 1.56. The van der Waals surface area contributed by atoms with Crippen molar-refractivity contribution in [2.24, 2.45) is 5.92 Å². The lowest BCUT2D eigenvalue weighted by atomic mass is 10.0. The van der Waals surface area contributed by atoms with Gasteiger partial charge in [-0.05, 0) is 36.1 Å². The molecule has 0 amide bonds. The molecule has 0 saturated heterocycles. The summed E-state index contributed by atoms with van der Waals surface area (Å²) in [4.78, 5) is 19.6. The van der Waals surface area contributed by atoms with E-state index >= 15 is 0 Å². The largest absolute Gasteiger partial charge is 0.343 e. The number of hydrogen-bond acceptors (Lipinski definition) is 4. The van der Waals surface area contributed by atoms with Crippen molar-refractivity contribution in [1.29, 1.82) is 0 Å². The second-order valence-electron chi connectivity index (χ2n) is 6.13. The van der Waals surface area contributed by atoms with E-state index in [1.807, 2.05) is 16.8 Å². The van der Waals surface area contributed by atoms with Crippen molar-refractivity contribution >= 4 is 11.2 Å². The molecule has 126 valence electrons. The number of imidazole rings is 2. The molecule has 6 nitrogen and oxygen atoms in total. The van der Waals surface area contributed by atoms with Crippen molar-refractivity contribution in [2.75, 3.05) is 0 Å². The third-order valence-corrected chi connectivity index (χ3v) is 4.21. The Bertz CT molecular complexity index is 1010. The summed E-state index contributed by atoms with van der Waals surface area (Å²) in [5.41, 5.74) is 3.28. The Morgan fingerprint density at radius 3 is 2.92 bits per heavy atom. The van der Waals surface area contributed by atoms with Crippen LogP contribution in [0, 0.1) is 11.9 Å². The Morgan fingerprint density at radius 2 is 2.04 bits per heavy atom. The second-order valence-corrected chi connectivity index (χ2v) is 6.13. The topological polar surface area (TPSA) is 72.3 Å². The van der Waals surface area contributed by atoms with E-state index in [1.165, 1.54) is 11.8 Å². The van der Waals surface area contributed by atoms with E-state index in [9.17, 15) is 4.39 Å². The highest BCUT2D eigenvalue weighted by Gasteiger charge is 2.15. The number of rotatable bonds is 5. The van der Waals surface area contributed by atoms with Crippen molar-refractivity contribution in [2.45, 2.75) is 19.9 Å². The lowest BCUT2D eigenvalue weighted by Crippen LogP contribution is -2.11. The van der Waals surface area contributed by atoms with Gasteiger partial charge in [-0.3, -0.25) is 0 Å². The van der Waals surface area contributed by atoms with Gasteiger partial charge in [0.05, 0.1) is 17.4 Å². The molecule has 0 saturated carbocycles. The summed E-state index contributed by atoms with van der Waals surface area (Å²) in [7, 11) is 0. The minimum atomic E-state index is -0.504. The van der Waals surface area contributed by atoms with Crippen molar-refractivity contribution in [1.82, 2.24) is 29.5 Å². The third kappa shape index (κ3) is 3.00. The van der Waals surface area contributed by atoms with E-state index in [0.29, 0.717) is 17.3 Å². The van der Waals surface area contributed by atoms with Crippen LogP contribution in [0.5, 0.6) is 0 Å². The van der Waals surface area contributed by atoms with Gasteiger partial charge >= 0.3 is 0 Å². The zero-order valence-corrected chi connectivity index (χ0v) is 13.7. The summed E-state index contributed by atoms with van der Waals surface area (Å²) in [6.07, 6.45) is 9.29. The van der Waals surface area contributed by atoms with Crippen molar-refractivity contribution < 1.29 is 4.39 Å². The summed E-state index contributed by atoms with van der Waals surface area (Å²) in [5, 5.41) is 0. The highest BCUT2D eigenvalue weighted by Crippen LogP contribution is 2.22. The molecule has 0 aliphatic rings. The molecule has 0 aliphatic heterocycles. The quantitative estimate of drug-likeness (QED) is 0.568. The van der Waals surface area contributed by atoms with Crippen LogP contribution in [0.3, 0.4) is 0 Å². The molecule has 0 fully saturated rings. The van der Waals surface area contributed by atoms with Crippen LogP contribution in [0.15, 0.2) is 49.3 Å². The number of aromatic nitrogens is 6. The Hall–Kier alpha value is -3.09. The van der Waals surface area contributed by atoms with E-state index in [-0.39, 0.29) is 0 Å². The molecular formula is C18H17FN6. The molecule has 0 bridgehead atoms. The first-order chi connectivity index (χ1) is 12.2. The van der Waals surface area contributed by atoms with Crippen LogP contribution in [0.2, 0.25) is 0 Å². The third-order valence-electron chi connectivity index (χ3n) is 4.21. The van der Waals surface area contributed by atoms with E-state index in [0.717, 1.165) is 24.1 Å². The molecule has 4 heterocycles. The van der Waals surface area contributed by atoms with E-state index in [2.05, 4.69) is 31.8 Å². The average molecular weight is 336 g/mol. The van der Waals surface area contributed by atoms with Gasteiger partial charge in [0, 0.05) is 31.3 Å². The van der Waals surface area contributed by atoms with E-state index in [4.69, 9.17) is 0 Å². The Kier molecular flexibility index (Phi) is 3.97. The number of hydrogen-bond donors (Lipinski definition) is 1. The number of nitrogens with zero attached hydrogens (tertiary/aromatic N) is 5. The normalized spacial score (nSPS) is 12.6. The Labute approximate surface area is 143 Å². The maximum absolute atomic E-state index is 14.0. The first-order valence-corrected chi connectivity index (χ1v) is 8.11. The molecule has 4 aromatic heterocycles. The minimum Gasteiger partial charge on any atom is -0.343 e. The molecule has 0 spiro atoms. The summed E-state index contributed by atoms with van der Waals surface area (Å²) >= 11 is 0. The highest BCUT2D eigenvalue weighted by molar-refractivity contribution is 5.73. The molecule has 1 atom stereocenters. The fraction of sp³-hybridized carbons (Fsp3) is 0.222. The monoisotopic (exact) mass is 336 g/mol. The SMILES string of the molecule is CC(Cc1ccnc2nc[nH]c12)Cn1ccnc1-c1cccnc1F. The molecule has 0 radical (unpaired) electrons. The van der Waals surface area contributed by atoms with Crippen molar-refractivity contribution in [3.63, 3.8) is 0 Å². The van der Waals surface area contributed by atoms with E-state index in [1.54, 1.807) is 30.9 Å². The Morgan fingerprint density at radius 1 is 1.12 bits per heavy atom. The van der Waals surface area contributed by atoms with Gasteiger partial charge in [-0.1, -0.05) is 6.92 Å². The first-order valence-electron chi connectivity index (χ1n) is 8.11. The van der Waals surface area contributed by atoms with Crippen LogP contribution in [0.1, 0.15) is 12.5 Å². The van der Waals surface area contributed by atoms with Gasteiger partial charge in [-0.25, -0.2) is 19.9 Å². The van der Waals surface area contributed by atoms with Crippen molar-refractivity contribution in [3.05, 3.63) is 60.8 Å². The van der Waals surface area contributed by atoms with Gasteiger partial charge in [0.2, 0.25) is 5.95 Å². The predicted molar refractivity (Wildman–Crippen MR) is 92.2 cm³/mol. The van der Waals surface area contributed by atoms with Crippen LogP contribution in [-0.2, 0) is 13.0 Å². The molecule has 1 N–H and O–H groups in total. The fourth-order valence-electron chi connectivity index (χ4n) is 3.10. The number of fused-ring (bicyclic) bond motifs is 1. The number of pyridine rings is 2. The smallest absolute Gasteiger partial charge is 0.223 e. The summed E-state index contributed by atoms with van der Waals surface area (Å²) < 4.78 is 15.9. The zero-order valence-electron chi connectivity index (χ0n) is 13.7. The van der Waals surface area contributed by atoms with Crippen LogP contribution in [0.4, 0.5) is 4.39 Å². The summed E-state index contributed by atoms with van der Waals surface area (Å²) in [6, 6.07) is 5.42. The fourth-order valence-corrected chi connectivity index (χ4v) is 3.10. The maximum Gasteiger partial charge on any atom is 0.223 e.